The molecule has 8 heteroatoms. The topological polar surface area (TPSA) is 76.7 Å². The molecule has 0 radical (unpaired) electrons. The number of hydrogen-bond acceptors (Lipinski definition) is 4. The van der Waals surface area contributed by atoms with Crippen LogP contribution in [0.15, 0.2) is 36.4 Å². The van der Waals surface area contributed by atoms with Crippen LogP contribution in [0.4, 0.5) is 8.78 Å². The fourth-order valence-electron chi connectivity index (χ4n) is 3.03. The smallest absolute Gasteiger partial charge is 0.257 e. The Hall–Kier alpha value is -3.16. The average molecular weight is 404 g/mol. The van der Waals surface area contributed by atoms with Crippen molar-refractivity contribution in [1.82, 2.24) is 10.6 Å². The Morgan fingerprint density at radius 1 is 1.03 bits per heavy atom. The van der Waals surface area contributed by atoms with E-state index in [9.17, 15) is 18.4 Å². The highest BCUT2D eigenvalue weighted by Gasteiger charge is 2.27. The Morgan fingerprint density at radius 3 is 2.38 bits per heavy atom. The van der Waals surface area contributed by atoms with Crippen LogP contribution in [-0.2, 0) is 11.3 Å². The van der Waals surface area contributed by atoms with Gasteiger partial charge in [-0.2, -0.15) is 0 Å². The van der Waals surface area contributed by atoms with Crippen LogP contribution in [0.25, 0.3) is 0 Å². The number of carbonyl (C=O) groups excluding carboxylic acids is 2. The highest BCUT2D eigenvalue weighted by atomic mass is 19.1. The third-order valence-corrected chi connectivity index (χ3v) is 4.53. The van der Waals surface area contributed by atoms with Gasteiger partial charge in [-0.1, -0.05) is 32.0 Å². The number of fused-ring (bicyclic) bond motifs is 1. The van der Waals surface area contributed by atoms with Crippen LogP contribution >= 0.6 is 0 Å². The van der Waals surface area contributed by atoms with Crippen LogP contribution in [-0.4, -0.2) is 31.1 Å². The molecule has 2 aromatic carbocycles. The Morgan fingerprint density at radius 2 is 1.69 bits per heavy atom. The number of carbonyl (C=O) groups is 2. The maximum Gasteiger partial charge on any atom is 0.257 e. The van der Waals surface area contributed by atoms with Gasteiger partial charge in [-0.25, -0.2) is 8.78 Å². The van der Waals surface area contributed by atoms with Crippen molar-refractivity contribution in [2.45, 2.75) is 26.4 Å². The molecule has 2 aromatic rings. The normalized spacial score (nSPS) is 13.7. The fourth-order valence-corrected chi connectivity index (χ4v) is 3.03. The highest BCUT2D eigenvalue weighted by Crippen LogP contribution is 2.33. The largest absolute Gasteiger partial charge is 0.486 e. The van der Waals surface area contributed by atoms with Crippen LogP contribution in [0.3, 0.4) is 0 Å². The number of para-hydroxylation sites is 1. The predicted octanol–water partition coefficient (Wildman–Crippen LogP) is 2.81. The quantitative estimate of drug-likeness (QED) is 0.776. The van der Waals surface area contributed by atoms with Crippen LogP contribution in [0, 0.1) is 17.6 Å². The third-order valence-electron chi connectivity index (χ3n) is 4.53. The number of ether oxygens (including phenoxy) is 2. The summed E-state index contributed by atoms with van der Waals surface area (Å²) in [5, 5.41) is 5.17. The third kappa shape index (κ3) is 4.64. The van der Waals surface area contributed by atoms with E-state index < -0.39 is 35.1 Å². The van der Waals surface area contributed by atoms with Crippen LogP contribution in [0.2, 0.25) is 0 Å². The van der Waals surface area contributed by atoms with Gasteiger partial charge in [0.15, 0.2) is 11.5 Å². The molecule has 1 atom stereocenters. The number of hydrogen-bond donors (Lipinski definition) is 2. The Kier molecular flexibility index (Phi) is 6.31. The molecule has 0 fully saturated rings. The number of amides is 2. The number of rotatable bonds is 6. The molecule has 2 amide bonds. The molecule has 0 aromatic heterocycles. The molecule has 0 unspecified atom stereocenters. The molecule has 29 heavy (non-hydrogen) atoms. The van der Waals surface area contributed by atoms with E-state index in [1.165, 1.54) is 6.07 Å². The first kappa shape index (κ1) is 20.6. The first-order valence-electron chi connectivity index (χ1n) is 9.28. The van der Waals surface area contributed by atoms with Crippen molar-refractivity contribution in [3.8, 4) is 11.5 Å². The van der Waals surface area contributed by atoms with Crippen molar-refractivity contribution >= 4 is 11.8 Å². The fraction of sp³-hybridized carbons (Fsp3) is 0.333. The van der Waals surface area contributed by atoms with Crippen molar-refractivity contribution in [2.24, 2.45) is 5.92 Å². The zero-order chi connectivity index (χ0) is 21.0. The number of halogens is 2. The minimum atomic E-state index is -0.988. The second kappa shape index (κ2) is 8.89. The molecule has 3 rings (SSSR count). The maximum atomic E-state index is 13.9. The standard InChI is InChI=1S/C21H22F2N2O4/c1-12(2)18(25-20(26)17-14(22)6-4-7-15(17)23)21(27)24-11-13-5-3-8-16-19(13)29-10-9-28-16/h3-8,12,18H,9-11H2,1-2H3,(H,24,27)(H,25,26)/t18-/m0/s1. The van der Waals surface area contributed by atoms with Gasteiger partial charge >= 0.3 is 0 Å². The van der Waals surface area contributed by atoms with Crippen LogP contribution < -0.4 is 20.1 Å². The second-order valence-electron chi connectivity index (χ2n) is 6.95. The average Bonchev–Trinajstić information content (AvgIpc) is 2.69. The van der Waals surface area contributed by atoms with Gasteiger partial charge in [0, 0.05) is 12.1 Å². The van der Waals surface area contributed by atoms with Gasteiger partial charge in [-0.05, 0) is 24.1 Å². The lowest BCUT2D eigenvalue weighted by Crippen LogP contribution is -2.49. The molecule has 154 valence electrons. The SMILES string of the molecule is CC(C)[C@H](NC(=O)c1c(F)cccc1F)C(=O)NCc1cccc2c1OCCO2. The van der Waals surface area contributed by atoms with Gasteiger partial charge in [0.2, 0.25) is 5.91 Å². The minimum absolute atomic E-state index is 0.151. The van der Waals surface area contributed by atoms with Crippen molar-refractivity contribution in [2.75, 3.05) is 13.2 Å². The molecule has 6 nitrogen and oxygen atoms in total. The van der Waals surface area contributed by atoms with Gasteiger partial charge in [0.05, 0.1) is 0 Å². The van der Waals surface area contributed by atoms with E-state index in [4.69, 9.17) is 9.47 Å². The minimum Gasteiger partial charge on any atom is -0.486 e. The summed E-state index contributed by atoms with van der Waals surface area (Å²) in [7, 11) is 0. The van der Waals surface area contributed by atoms with Crippen molar-refractivity contribution < 1.29 is 27.8 Å². The summed E-state index contributed by atoms with van der Waals surface area (Å²) in [6.45, 7) is 4.47. The van der Waals surface area contributed by atoms with E-state index in [0.717, 1.165) is 17.7 Å². The van der Waals surface area contributed by atoms with E-state index in [-0.39, 0.29) is 12.5 Å². The molecule has 0 spiro atoms. The molecule has 0 aliphatic carbocycles. The zero-order valence-corrected chi connectivity index (χ0v) is 16.1. The molecule has 0 bridgehead atoms. The lowest BCUT2D eigenvalue weighted by molar-refractivity contribution is -0.124. The Bertz CT molecular complexity index is 897. The summed E-state index contributed by atoms with van der Waals surface area (Å²) in [4.78, 5) is 25.0. The highest BCUT2D eigenvalue weighted by molar-refractivity contribution is 5.98. The molecule has 1 heterocycles. The van der Waals surface area contributed by atoms with Crippen LogP contribution in [0.5, 0.6) is 11.5 Å². The van der Waals surface area contributed by atoms with Gasteiger partial charge < -0.3 is 20.1 Å². The van der Waals surface area contributed by atoms with Crippen molar-refractivity contribution in [3.63, 3.8) is 0 Å². The van der Waals surface area contributed by atoms with Crippen LogP contribution in [0.1, 0.15) is 29.8 Å². The van der Waals surface area contributed by atoms with Gasteiger partial charge in [0.1, 0.15) is 36.5 Å². The molecule has 0 saturated heterocycles. The molecule has 1 aliphatic rings. The summed E-state index contributed by atoms with van der Waals surface area (Å²) in [6.07, 6.45) is 0. The van der Waals surface area contributed by atoms with Gasteiger partial charge in [-0.3, -0.25) is 9.59 Å². The number of nitrogens with one attached hydrogen (secondary N) is 2. The first-order valence-corrected chi connectivity index (χ1v) is 9.28. The molecule has 1 aliphatic heterocycles. The molecule has 2 N–H and O–H groups in total. The van der Waals surface area contributed by atoms with E-state index >= 15 is 0 Å². The lowest BCUT2D eigenvalue weighted by Gasteiger charge is -2.24. The van der Waals surface area contributed by atoms with E-state index in [2.05, 4.69) is 10.6 Å². The maximum absolute atomic E-state index is 13.9. The summed E-state index contributed by atoms with van der Waals surface area (Å²) >= 11 is 0. The van der Waals surface area contributed by atoms with E-state index in [0.29, 0.717) is 24.7 Å². The molecular formula is C21H22F2N2O4. The van der Waals surface area contributed by atoms with Crippen molar-refractivity contribution in [3.05, 3.63) is 59.2 Å². The summed E-state index contributed by atoms with van der Waals surface area (Å²) in [5.74, 6) is -2.57. The molecule has 0 saturated carbocycles. The monoisotopic (exact) mass is 404 g/mol. The zero-order valence-electron chi connectivity index (χ0n) is 16.1. The Balaban J connectivity index is 1.70. The summed E-state index contributed by atoms with van der Waals surface area (Å²) in [5.41, 5.74) is 0.0122. The Labute approximate surface area is 167 Å². The summed E-state index contributed by atoms with van der Waals surface area (Å²) in [6, 6.07) is 7.54. The second-order valence-corrected chi connectivity index (χ2v) is 6.95. The first-order chi connectivity index (χ1) is 13.9. The van der Waals surface area contributed by atoms with E-state index in [1.807, 2.05) is 0 Å². The lowest BCUT2D eigenvalue weighted by atomic mass is 10.0. The predicted molar refractivity (Wildman–Crippen MR) is 102 cm³/mol. The molecular weight excluding hydrogens is 382 g/mol. The van der Waals surface area contributed by atoms with Gasteiger partial charge in [-0.15, -0.1) is 0 Å². The summed E-state index contributed by atoms with van der Waals surface area (Å²) < 4.78 is 38.8. The van der Waals surface area contributed by atoms with Crippen molar-refractivity contribution in [1.29, 1.82) is 0 Å². The van der Waals surface area contributed by atoms with Gasteiger partial charge in [0.25, 0.3) is 5.91 Å². The van der Waals surface area contributed by atoms with E-state index in [1.54, 1.807) is 32.0 Å². The number of benzene rings is 2.